The summed E-state index contributed by atoms with van der Waals surface area (Å²) in [6, 6.07) is 8.19. The van der Waals surface area contributed by atoms with Gasteiger partial charge in [0.05, 0.1) is 0 Å². The normalized spacial score (nSPS) is 21.4. The second-order valence-corrected chi connectivity index (χ2v) is 6.54. The Balaban J connectivity index is 2.46. The predicted molar refractivity (Wildman–Crippen MR) is 98.5 cm³/mol. The Morgan fingerprint density at radius 2 is 2.00 bits per heavy atom. The fraction of sp³-hybridized carbons (Fsp3) is 0.429. The summed E-state index contributed by atoms with van der Waals surface area (Å²) in [4.78, 5) is 0. The molecule has 2 atom stereocenters. The van der Waals surface area contributed by atoms with Crippen molar-refractivity contribution in [3.63, 3.8) is 0 Å². The summed E-state index contributed by atoms with van der Waals surface area (Å²) in [5.74, 6) is 0.542. The van der Waals surface area contributed by atoms with Crippen LogP contribution < -0.4 is 5.73 Å². The van der Waals surface area contributed by atoms with Gasteiger partial charge in [0.15, 0.2) is 0 Å². The molecule has 1 aliphatic rings. The van der Waals surface area contributed by atoms with Crippen molar-refractivity contribution in [1.29, 1.82) is 0 Å². The van der Waals surface area contributed by atoms with Crippen LogP contribution in [0.25, 0.3) is 5.57 Å². The van der Waals surface area contributed by atoms with E-state index in [9.17, 15) is 0 Å². The standard InChI is InChI=1S/C21H29N/c1-5-7-15-21(4,6-2)19-13-10-12-17(16(19)3)18-11-8-9-14-20(18)22/h7-12,14-15,19H,5-6,13,22H2,1-4H3. The summed E-state index contributed by atoms with van der Waals surface area (Å²) in [5.41, 5.74) is 11.2. The highest BCUT2D eigenvalue weighted by atomic mass is 14.6. The van der Waals surface area contributed by atoms with E-state index in [4.69, 9.17) is 5.73 Å². The number of nitrogen functional groups attached to an aromatic ring is 1. The smallest absolute Gasteiger partial charge is 0.0393 e. The van der Waals surface area contributed by atoms with Gasteiger partial charge in [-0.05, 0) is 49.2 Å². The van der Waals surface area contributed by atoms with Crippen molar-refractivity contribution in [2.75, 3.05) is 5.73 Å². The van der Waals surface area contributed by atoms with Crippen LogP contribution in [0.1, 0.15) is 52.5 Å². The number of benzene rings is 1. The van der Waals surface area contributed by atoms with Crippen molar-refractivity contribution in [2.24, 2.45) is 11.3 Å². The number of rotatable bonds is 5. The summed E-state index contributed by atoms with van der Waals surface area (Å²) in [6.07, 6.45) is 12.7. The van der Waals surface area contributed by atoms with Crippen molar-refractivity contribution in [3.8, 4) is 0 Å². The van der Waals surface area contributed by atoms with E-state index in [1.54, 1.807) is 0 Å². The maximum absolute atomic E-state index is 6.20. The largest absolute Gasteiger partial charge is 0.398 e. The SMILES string of the molecule is CCC=CC(C)(CC)C1CC=CC(c2ccccc2N)=C1C. The average Bonchev–Trinajstić information content (AvgIpc) is 2.53. The highest BCUT2D eigenvalue weighted by Crippen LogP contribution is 2.45. The van der Waals surface area contributed by atoms with E-state index in [1.165, 1.54) is 16.7 Å². The lowest BCUT2D eigenvalue weighted by atomic mass is 9.67. The Morgan fingerprint density at radius 3 is 2.64 bits per heavy atom. The number of allylic oxidation sites excluding steroid dienone is 6. The number of hydrogen-bond acceptors (Lipinski definition) is 1. The number of nitrogens with two attached hydrogens (primary N) is 1. The molecule has 0 saturated carbocycles. The molecule has 1 nitrogen and oxygen atoms in total. The lowest BCUT2D eigenvalue weighted by Crippen LogP contribution is -2.27. The first-order chi connectivity index (χ1) is 10.5. The van der Waals surface area contributed by atoms with Gasteiger partial charge in [0, 0.05) is 11.3 Å². The molecule has 1 heteroatoms. The first kappa shape index (κ1) is 16.6. The molecule has 2 N–H and O–H groups in total. The molecule has 2 rings (SSSR count). The molecule has 0 saturated heterocycles. The fourth-order valence-electron chi connectivity index (χ4n) is 3.49. The molecule has 0 fully saturated rings. The van der Waals surface area contributed by atoms with Crippen molar-refractivity contribution < 1.29 is 0 Å². The van der Waals surface area contributed by atoms with Gasteiger partial charge in [0.25, 0.3) is 0 Å². The minimum atomic E-state index is 0.208. The third-order valence-electron chi connectivity index (χ3n) is 5.15. The third-order valence-corrected chi connectivity index (χ3v) is 5.15. The van der Waals surface area contributed by atoms with E-state index in [2.05, 4.69) is 64.1 Å². The van der Waals surface area contributed by atoms with Crippen LogP contribution in [0.4, 0.5) is 5.69 Å². The van der Waals surface area contributed by atoms with Gasteiger partial charge in [0.1, 0.15) is 0 Å². The van der Waals surface area contributed by atoms with Crippen molar-refractivity contribution >= 4 is 11.3 Å². The molecule has 0 bridgehead atoms. The van der Waals surface area contributed by atoms with Crippen LogP contribution in [0.3, 0.4) is 0 Å². The summed E-state index contributed by atoms with van der Waals surface area (Å²) in [7, 11) is 0. The maximum Gasteiger partial charge on any atom is 0.0393 e. The highest BCUT2D eigenvalue weighted by Gasteiger charge is 2.33. The van der Waals surface area contributed by atoms with Gasteiger partial charge in [0.2, 0.25) is 0 Å². The first-order valence-electron chi connectivity index (χ1n) is 8.43. The highest BCUT2D eigenvalue weighted by molar-refractivity contribution is 5.84. The molecule has 1 aromatic carbocycles. The van der Waals surface area contributed by atoms with E-state index in [-0.39, 0.29) is 5.41 Å². The molecule has 0 aliphatic heterocycles. The van der Waals surface area contributed by atoms with Gasteiger partial charge in [-0.15, -0.1) is 0 Å². The van der Waals surface area contributed by atoms with Crippen LogP contribution in [0.5, 0.6) is 0 Å². The Hall–Kier alpha value is -1.76. The van der Waals surface area contributed by atoms with Gasteiger partial charge < -0.3 is 5.73 Å². The minimum Gasteiger partial charge on any atom is -0.398 e. The zero-order chi connectivity index (χ0) is 16.2. The topological polar surface area (TPSA) is 26.0 Å². The molecule has 118 valence electrons. The summed E-state index contributed by atoms with van der Waals surface area (Å²) in [6.45, 7) is 9.16. The average molecular weight is 295 g/mol. The monoisotopic (exact) mass is 295 g/mol. The van der Waals surface area contributed by atoms with E-state index in [0.29, 0.717) is 5.92 Å². The number of para-hydroxylation sites is 1. The maximum atomic E-state index is 6.20. The fourth-order valence-corrected chi connectivity index (χ4v) is 3.49. The Labute approximate surface area is 135 Å². The van der Waals surface area contributed by atoms with Crippen molar-refractivity contribution in [1.82, 2.24) is 0 Å². The van der Waals surface area contributed by atoms with Crippen LogP contribution in [0, 0.1) is 11.3 Å². The summed E-state index contributed by atoms with van der Waals surface area (Å²) in [5, 5.41) is 0. The molecule has 0 heterocycles. The molecular formula is C21H29N. The number of hydrogen-bond donors (Lipinski definition) is 1. The minimum absolute atomic E-state index is 0.208. The molecule has 2 unspecified atom stereocenters. The summed E-state index contributed by atoms with van der Waals surface area (Å²) < 4.78 is 0. The zero-order valence-corrected chi connectivity index (χ0v) is 14.4. The summed E-state index contributed by atoms with van der Waals surface area (Å²) >= 11 is 0. The van der Waals surface area contributed by atoms with E-state index in [0.717, 1.165) is 24.9 Å². The second kappa shape index (κ2) is 7.00. The van der Waals surface area contributed by atoms with Gasteiger partial charge in [-0.2, -0.15) is 0 Å². The predicted octanol–water partition coefficient (Wildman–Crippen LogP) is 6.00. The molecule has 22 heavy (non-hydrogen) atoms. The Morgan fingerprint density at radius 1 is 1.27 bits per heavy atom. The quantitative estimate of drug-likeness (QED) is 0.523. The number of anilines is 1. The third kappa shape index (κ3) is 3.19. The van der Waals surface area contributed by atoms with E-state index < -0.39 is 0 Å². The van der Waals surface area contributed by atoms with Crippen LogP contribution in [0.2, 0.25) is 0 Å². The Kier molecular flexibility index (Phi) is 5.28. The first-order valence-corrected chi connectivity index (χ1v) is 8.43. The van der Waals surface area contributed by atoms with Gasteiger partial charge in [-0.3, -0.25) is 0 Å². The molecule has 1 aliphatic carbocycles. The lowest BCUT2D eigenvalue weighted by molar-refractivity contribution is 0.283. The zero-order valence-electron chi connectivity index (χ0n) is 14.4. The van der Waals surface area contributed by atoms with Crippen LogP contribution in [-0.2, 0) is 0 Å². The lowest BCUT2D eigenvalue weighted by Gasteiger charge is -2.38. The van der Waals surface area contributed by atoms with Crippen LogP contribution in [-0.4, -0.2) is 0 Å². The van der Waals surface area contributed by atoms with Crippen molar-refractivity contribution in [2.45, 2.75) is 47.0 Å². The Bertz CT molecular complexity index is 606. The molecule has 1 aromatic rings. The van der Waals surface area contributed by atoms with Gasteiger partial charge in [-0.1, -0.05) is 68.8 Å². The molecule has 0 spiro atoms. The molecule has 0 amide bonds. The molecule has 0 aromatic heterocycles. The van der Waals surface area contributed by atoms with Crippen molar-refractivity contribution in [3.05, 3.63) is 59.7 Å². The second-order valence-electron chi connectivity index (χ2n) is 6.54. The van der Waals surface area contributed by atoms with Crippen LogP contribution >= 0.6 is 0 Å². The van der Waals surface area contributed by atoms with Gasteiger partial charge >= 0.3 is 0 Å². The molecular weight excluding hydrogens is 266 g/mol. The van der Waals surface area contributed by atoms with E-state index >= 15 is 0 Å². The van der Waals surface area contributed by atoms with Gasteiger partial charge in [-0.25, -0.2) is 0 Å². The van der Waals surface area contributed by atoms with E-state index in [1.807, 2.05) is 12.1 Å². The molecule has 0 radical (unpaired) electrons. The van der Waals surface area contributed by atoms with Crippen LogP contribution in [0.15, 0.2) is 54.1 Å².